The molecule has 2 aromatic carbocycles. The molecule has 1 saturated heterocycles. The molecule has 1 fully saturated rings. The van der Waals surface area contributed by atoms with E-state index < -0.39 is 9.84 Å². The second kappa shape index (κ2) is 11.3. The van der Waals surface area contributed by atoms with E-state index in [1.165, 1.54) is 35.6 Å². The molecule has 0 bridgehead atoms. The van der Waals surface area contributed by atoms with Crippen molar-refractivity contribution in [2.45, 2.75) is 17.7 Å². The van der Waals surface area contributed by atoms with Gasteiger partial charge in [-0.1, -0.05) is 34.5 Å². The predicted molar refractivity (Wildman–Crippen MR) is 137 cm³/mol. The molecular formula is C23H25Cl2N3O4S2. The van der Waals surface area contributed by atoms with E-state index in [4.69, 9.17) is 27.9 Å². The van der Waals surface area contributed by atoms with Crippen molar-refractivity contribution in [1.82, 2.24) is 9.88 Å². The number of morpholine rings is 1. The summed E-state index contributed by atoms with van der Waals surface area (Å²) in [7, 11) is -3.62. The van der Waals surface area contributed by atoms with Crippen molar-refractivity contribution in [3.05, 3.63) is 52.5 Å². The van der Waals surface area contributed by atoms with Crippen molar-refractivity contribution in [3.63, 3.8) is 0 Å². The Morgan fingerprint density at radius 3 is 2.53 bits per heavy atom. The fourth-order valence-corrected chi connectivity index (χ4v) is 6.36. The first-order valence-corrected chi connectivity index (χ1v) is 14.2. The van der Waals surface area contributed by atoms with E-state index in [0.29, 0.717) is 34.9 Å². The van der Waals surface area contributed by atoms with Crippen LogP contribution >= 0.6 is 34.5 Å². The largest absolute Gasteiger partial charge is 0.379 e. The number of sulfone groups is 1. The molecule has 0 N–H and O–H groups in total. The first-order valence-electron chi connectivity index (χ1n) is 11.0. The van der Waals surface area contributed by atoms with Crippen molar-refractivity contribution >= 4 is 65.6 Å². The number of ether oxygens (including phenoxy) is 1. The lowest BCUT2D eigenvalue weighted by atomic mass is 10.3. The molecule has 0 saturated carbocycles. The average molecular weight is 543 g/mol. The first kappa shape index (κ1) is 25.3. The summed E-state index contributed by atoms with van der Waals surface area (Å²) in [6.07, 6.45) is 0.603. The first-order chi connectivity index (χ1) is 16.3. The molecule has 182 valence electrons. The van der Waals surface area contributed by atoms with Gasteiger partial charge < -0.3 is 4.74 Å². The van der Waals surface area contributed by atoms with E-state index >= 15 is 0 Å². The van der Waals surface area contributed by atoms with Gasteiger partial charge in [0.2, 0.25) is 5.91 Å². The van der Waals surface area contributed by atoms with Gasteiger partial charge >= 0.3 is 0 Å². The molecule has 7 nitrogen and oxygen atoms in total. The van der Waals surface area contributed by atoms with Crippen molar-refractivity contribution < 1.29 is 17.9 Å². The smallest absolute Gasteiger partial charge is 0.229 e. The van der Waals surface area contributed by atoms with Crippen LogP contribution in [-0.2, 0) is 19.4 Å². The number of benzene rings is 2. The molecule has 2 heterocycles. The van der Waals surface area contributed by atoms with Gasteiger partial charge in [-0.25, -0.2) is 13.4 Å². The van der Waals surface area contributed by atoms with Gasteiger partial charge in [-0.15, -0.1) is 0 Å². The van der Waals surface area contributed by atoms with Crippen LogP contribution in [0.3, 0.4) is 0 Å². The van der Waals surface area contributed by atoms with Crippen LogP contribution in [0.1, 0.15) is 12.8 Å². The van der Waals surface area contributed by atoms with Crippen LogP contribution in [-0.4, -0.2) is 69.4 Å². The molecule has 1 aliphatic heterocycles. The minimum Gasteiger partial charge on any atom is -0.379 e. The van der Waals surface area contributed by atoms with Crippen LogP contribution in [0.25, 0.3) is 10.2 Å². The van der Waals surface area contributed by atoms with Crippen molar-refractivity contribution in [2.24, 2.45) is 0 Å². The molecule has 0 atom stereocenters. The quantitative estimate of drug-likeness (QED) is 0.396. The fourth-order valence-electron chi connectivity index (χ4n) is 3.72. The number of fused-ring (bicyclic) bond motifs is 1. The van der Waals surface area contributed by atoms with Gasteiger partial charge in [-0.3, -0.25) is 14.6 Å². The second-order valence-corrected chi connectivity index (χ2v) is 12.0. The Hall–Kier alpha value is -1.75. The number of hydrogen-bond acceptors (Lipinski definition) is 7. The molecule has 11 heteroatoms. The maximum absolute atomic E-state index is 13.2. The number of anilines is 1. The van der Waals surface area contributed by atoms with Crippen LogP contribution < -0.4 is 4.90 Å². The number of nitrogens with zero attached hydrogens (tertiary/aromatic N) is 3. The van der Waals surface area contributed by atoms with Crippen LogP contribution in [0.4, 0.5) is 5.13 Å². The third kappa shape index (κ3) is 6.47. The zero-order valence-corrected chi connectivity index (χ0v) is 21.6. The molecule has 0 radical (unpaired) electrons. The van der Waals surface area contributed by atoms with Gasteiger partial charge in [0.15, 0.2) is 15.0 Å². The molecule has 4 rings (SSSR count). The number of halogens is 2. The summed E-state index contributed by atoms with van der Waals surface area (Å²) in [5, 5.41) is 1.60. The van der Waals surface area contributed by atoms with Gasteiger partial charge in [0, 0.05) is 42.6 Å². The minimum atomic E-state index is -3.62. The normalized spacial score (nSPS) is 15.0. The Labute approximate surface area is 213 Å². The number of aromatic nitrogens is 1. The number of hydrogen-bond donors (Lipinski definition) is 0. The Morgan fingerprint density at radius 1 is 1.09 bits per heavy atom. The van der Waals surface area contributed by atoms with Crippen LogP contribution in [0, 0.1) is 0 Å². The summed E-state index contributed by atoms with van der Waals surface area (Å²) in [5.74, 6) is -0.561. The van der Waals surface area contributed by atoms with Crippen LogP contribution in [0.15, 0.2) is 47.4 Å². The third-order valence-corrected chi connectivity index (χ3v) is 8.85. The molecular weight excluding hydrogens is 517 g/mol. The Bertz CT molecular complexity index is 1240. The molecule has 1 aromatic heterocycles. The SMILES string of the molecule is O=C(CCS(=O)(=O)c1ccc(Cl)cc1)N(CCCN1CCOCC1)c1nc2ccc(Cl)cc2s1. The zero-order valence-electron chi connectivity index (χ0n) is 18.5. The molecule has 0 spiro atoms. The standard InChI is InChI=1S/C23H25Cl2N3O4S2/c24-17-2-5-19(6-3-17)34(30,31)15-8-22(29)28(10-1-9-27-11-13-32-14-12-27)23-26-20-7-4-18(25)16-21(20)33-23/h2-7,16H,1,8-15H2. The Balaban J connectivity index is 1.48. The third-order valence-electron chi connectivity index (χ3n) is 5.59. The van der Waals surface area contributed by atoms with Gasteiger partial charge in [0.1, 0.15) is 0 Å². The highest BCUT2D eigenvalue weighted by Crippen LogP contribution is 2.31. The zero-order chi connectivity index (χ0) is 24.1. The van der Waals surface area contributed by atoms with E-state index in [-0.39, 0.29) is 23.0 Å². The van der Waals surface area contributed by atoms with Crippen molar-refractivity contribution in [1.29, 1.82) is 0 Å². The number of rotatable bonds is 9. The lowest BCUT2D eigenvalue weighted by Gasteiger charge is -2.27. The van der Waals surface area contributed by atoms with Gasteiger partial charge in [-0.05, 0) is 48.9 Å². The van der Waals surface area contributed by atoms with Gasteiger partial charge in [-0.2, -0.15) is 0 Å². The van der Waals surface area contributed by atoms with Crippen molar-refractivity contribution in [3.8, 4) is 0 Å². The van der Waals surface area contributed by atoms with Gasteiger partial charge in [0.05, 0.1) is 34.1 Å². The van der Waals surface area contributed by atoms with Crippen molar-refractivity contribution in [2.75, 3.05) is 50.0 Å². The molecule has 34 heavy (non-hydrogen) atoms. The van der Waals surface area contributed by atoms with E-state index in [2.05, 4.69) is 9.88 Å². The van der Waals surface area contributed by atoms with E-state index in [1.807, 2.05) is 12.1 Å². The lowest BCUT2D eigenvalue weighted by molar-refractivity contribution is -0.118. The van der Waals surface area contributed by atoms with Crippen LogP contribution in [0.5, 0.6) is 0 Å². The maximum Gasteiger partial charge on any atom is 0.229 e. The highest BCUT2D eigenvalue weighted by molar-refractivity contribution is 7.91. The second-order valence-electron chi connectivity index (χ2n) is 7.98. The topological polar surface area (TPSA) is 79.8 Å². The monoisotopic (exact) mass is 541 g/mol. The number of amides is 1. The van der Waals surface area contributed by atoms with E-state index in [9.17, 15) is 13.2 Å². The van der Waals surface area contributed by atoms with E-state index in [1.54, 1.807) is 11.0 Å². The Kier molecular flexibility index (Phi) is 8.44. The minimum absolute atomic E-state index is 0.140. The summed E-state index contributed by atoms with van der Waals surface area (Å²) < 4.78 is 31.8. The predicted octanol–water partition coefficient (Wildman–Crippen LogP) is 4.52. The highest BCUT2D eigenvalue weighted by Gasteiger charge is 2.23. The molecule has 3 aromatic rings. The van der Waals surface area contributed by atoms with Gasteiger partial charge in [0.25, 0.3) is 0 Å². The maximum atomic E-state index is 13.2. The fraction of sp³-hybridized carbons (Fsp3) is 0.391. The molecule has 1 amide bonds. The molecule has 0 unspecified atom stereocenters. The number of carbonyl (C=O) groups is 1. The molecule has 0 aliphatic carbocycles. The summed E-state index contributed by atoms with van der Waals surface area (Å²) in [6.45, 7) is 4.44. The summed E-state index contributed by atoms with van der Waals surface area (Å²) >= 11 is 13.4. The number of carbonyl (C=O) groups excluding carboxylic acids is 1. The number of thiazole rings is 1. The average Bonchev–Trinajstić information content (AvgIpc) is 3.24. The highest BCUT2D eigenvalue weighted by atomic mass is 35.5. The Morgan fingerprint density at radius 2 is 1.79 bits per heavy atom. The van der Waals surface area contributed by atoms with Crippen LogP contribution in [0.2, 0.25) is 10.0 Å². The van der Waals surface area contributed by atoms with E-state index in [0.717, 1.165) is 36.3 Å². The summed E-state index contributed by atoms with van der Waals surface area (Å²) in [6, 6.07) is 11.4. The molecule has 1 aliphatic rings. The lowest BCUT2D eigenvalue weighted by Crippen LogP contribution is -2.39. The summed E-state index contributed by atoms with van der Waals surface area (Å²) in [4.78, 5) is 21.9. The summed E-state index contributed by atoms with van der Waals surface area (Å²) in [5.41, 5.74) is 0.754.